The number of anilines is 1. The van der Waals surface area contributed by atoms with E-state index in [4.69, 9.17) is 16.4 Å². The summed E-state index contributed by atoms with van der Waals surface area (Å²) in [4.78, 5) is 40.8. The Morgan fingerprint density at radius 1 is 1.21 bits per heavy atom. The molecule has 0 spiro atoms. The third kappa shape index (κ3) is 4.77. The fraction of sp³-hybridized carbons (Fsp3) is 0.0526. The summed E-state index contributed by atoms with van der Waals surface area (Å²) in [5.41, 5.74) is -0.939. The average Bonchev–Trinajstić information content (AvgIpc) is 2.69. The van der Waals surface area contributed by atoms with Gasteiger partial charge in [-0.05, 0) is 42.0 Å². The zero-order valence-corrected chi connectivity index (χ0v) is 15.4. The van der Waals surface area contributed by atoms with Crippen molar-refractivity contribution < 1.29 is 18.9 Å². The quantitative estimate of drug-likeness (QED) is 0.489. The van der Waals surface area contributed by atoms with Gasteiger partial charge in [0.25, 0.3) is 17.2 Å². The maximum atomic E-state index is 12.9. The second-order valence-corrected chi connectivity index (χ2v) is 6.26. The van der Waals surface area contributed by atoms with Gasteiger partial charge in [-0.1, -0.05) is 23.7 Å². The predicted octanol–water partition coefficient (Wildman–Crippen LogP) is 3.43. The van der Waals surface area contributed by atoms with Crippen molar-refractivity contribution in [3.63, 3.8) is 0 Å². The Morgan fingerprint density at radius 3 is 2.62 bits per heavy atom. The number of amides is 1. The number of halogens is 2. The van der Waals surface area contributed by atoms with Gasteiger partial charge in [-0.3, -0.25) is 19.7 Å². The van der Waals surface area contributed by atoms with E-state index in [-0.39, 0.29) is 22.9 Å². The minimum Gasteiger partial charge on any atom is -0.406 e. The van der Waals surface area contributed by atoms with E-state index in [0.29, 0.717) is 5.56 Å². The summed E-state index contributed by atoms with van der Waals surface area (Å²) in [5, 5.41) is 13.6. The molecule has 0 bridgehead atoms. The molecule has 2 aromatic carbocycles. The van der Waals surface area contributed by atoms with Gasteiger partial charge in [0.05, 0.1) is 4.92 Å². The minimum absolute atomic E-state index is 0.0338. The van der Waals surface area contributed by atoms with Gasteiger partial charge in [0.15, 0.2) is 0 Å². The topological polar surface area (TPSA) is 103 Å². The molecule has 0 atom stereocenters. The monoisotopic (exact) mass is 417 g/mol. The molecule has 1 aromatic heterocycles. The smallest absolute Gasteiger partial charge is 0.295 e. The fourth-order valence-corrected chi connectivity index (χ4v) is 2.59. The Labute approximate surface area is 168 Å². The molecule has 29 heavy (non-hydrogen) atoms. The summed E-state index contributed by atoms with van der Waals surface area (Å²) < 4.78 is 13.8. The number of carbonyl (C=O) groups is 1. The SMILES string of the molecule is O=C(Nc1ccc(Cl)cc1[N+](=O)[O-])c1cccn(OCc2ccc(F)cc2)c1=O. The van der Waals surface area contributed by atoms with Crippen molar-refractivity contribution in [2.75, 3.05) is 5.32 Å². The van der Waals surface area contributed by atoms with Crippen LogP contribution in [0.25, 0.3) is 0 Å². The van der Waals surface area contributed by atoms with E-state index in [1.165, 1.54) is 54.7 Å². The van der Waals surface area contributed by atoms with E-state index in [1.54, 1.807) is 0 Å². The summed E-state index contributed by atoms with van der Waals surface area (Å²) >= 11 is 5.75. The van der Waals surface area contributed by atoms with Crippen molar-refractivity contribution in [2.45, 2.75) is 6.61 Å². The van der Waals surface area contributed by atoms with Crippen LogP contribution in [0.15, 0.2) is 65.6 Å². The van der Waals surface area contributed by atoms with Crippen LogP contribution in [-0.4, -0.2) is 15.6 Å². The predicted molar refractivity (Wildman–Crippen MR) is 103 cm³/mol. The van der Waals surface area contributed by atoms with Crippen LogP contribution < -0.4 is 15.7 Å². The summed E-state index contributed by atoms with van der Waals surface area (Å²) in [6.45, 7) is -0.0338. The number of hydrogen-bond acceptors (Lipinski definition) is 5. The normalized spacial score (nSPS) is 10.4. The van der Waals surface area contributed by atoms with Crippen LogP contribution in [0.2, 0.25) is 5.02 Å². The van der Waals surface area contributed by atoms with Crippen LogP contribution in [0.5, 0.6) is 0 Å². The lowest BCUT2D eigenvalue weighted by Gasteiger charge is -2.10. The van der Waals surface area contributed by atoms with Gasteiger partial charge in [-0.25, -0.2) is 4.39 Å². The van der Waals surface area contributed by atoms with Crippen molar-refractivity contribution >= 4 is 28.9 Å². The highest BCUT2D eigenvalue weighted by atomic mass is 35.5. The molecule has 0 radical (unpaired) electrons. The molecule has 0 fully saturated rings. The molecule has 0 aliphatic heterocycles. The molecule has 0 unspecified atom stereocenters. The van der Waals surface area contributed by atoms with E-state index in [2.05, 4.69) is 5.32 Å². The first-order valence-electron chi connectivity index (χ1n) is 8.20. The zero-order chi connectivity index (χ0) is 21.0. The number of nitro benzene ring substituents is 1. The number of hydrogen-bond donors (Lipinski definition) is 1. The average molecular weight is 418 g/mol. The molecule has 0 saturated heterocycles. The van der Waals surface area contributed by atoms with Gasteiger partial charge in [0, 0.05) is 17.3 Å². The lowest BCUT2D eigenvalue weighted by atomic mass is 10.2. The van der Waals surface area contributed by atoms with Crippen molar-refractivity contribution in [1.29, 1.82) is 0 Å². The standard InChI is InChI=1S/C19H13ClFN3O5/c20-13-5-8-16(17(10-13)24(27)28)22-18(25)15-2-1-9-23(19(15)26)29-11-12-3-6-14(21)7-4-12/h1-10H,11H2,(H,22,25). The highest BCUT2D eigenvalue weighted by Crippen LogP contribution is 2.27. The van der Waals surface area contributed by atoms with Crippen molar-refractivity contribution in [3.8, 4) is 0 Å². The molecule has 1 N–H and O–H groups in total. The lowest BCUT2D eigenvalue weighted by molar-refractivity contribution is -0.383. The van der Waals surface area contributed by atoms with Crippen molar-refractivity contribution in [1.82, 2.24) is 4.73 Å². The molecule has 0 aliphatic rings. The molecule has 1 amide bonds. The summed E-state index contributed by atoms with van der Waals surface area (Å²) in [5.74, 6) is -1.25. The molecular formula is C19H13ClFN3O5. The van der Waals surface area contributed by atoms with Crippen LogP contribution in [0.3, 0.4) is 0 Å². The number of aromatic nitrogens is 1. The van der Waals surface area contributed by atoms with Crippen LogP contribution in [0, 0.1) is 15.9 Å². The molecule has 10 heteroatoms. The first-order chi connectivity index (χ1) is 13.8. The molecule has 8 nitrogen and oxygen atoms in total. The number of benzene rings is 2. The highest BCUT2D eigenvalue weighted by Gasteiger charge is 2.19. The lowest BCUT2D eigenvalue weighted by Crippen LogP contribution is -2.32. The van der Waals surface area contributed by atoms with Crippen molar-refractivity contribution in [3.05, 3.63) is 103 Å². The van der Waals surface area contributed by atoms with E-state index >= 15 is 0 Å². The molecular weight excluding hydrogens is 405 g/mol. The van der Waals surface area contributed by atoms with E-state index in [1.807, 2.05) is 0 Å². The second kappa shape index (κ2) is 8.53. The minimum atomic E-state index is -0.847. The van der Waals surface area contributed by atoms with Crippen molar-refractivity contribution in [2.24, 2.45) is 0 Å². The van der Waals surface area contributed by atoms with Crippen LogP contribution in [0.1, 0.15) is 15.9 Å². The van der Waals surface area contributed by atoms with Gasteiger partial charge in [-0.15, -0.1) is 0 Å². The fourth-order valence-electron chi connectivity index (χ4n) is 2.43. The van der Waals surface area contributed by atoms with E-state index < -0.39 is 27.9 Å². The molecule has 3 aromatic rings. The molecule has 1 heterocycles. The van der Waals surface area contributed by atoms with Gasteiger partial charge in [0.1, 0.15) is 23.7 Å². The molecule has 0 saturated carbocycles. The van der Waals surface area contributed by atoms with Gasteiger partial charge < -0.3 is 10.2 Å². The van der Waals surface area contributed by atoms with Crippen LogP contribution >= 0.6 is 11.6 Å². The number of rotatable bonds is 6. The highest BCUT2D eigenvalue weighted by molar-refractivity contribution is 6.31. The van der Waals surface area contributed by atoms with Crippen LogP contribution in [-0.2, 0) is 6.61 Å². The van der Waals surface area contributed by atoms with Gasteiger partial charge in [0.2, 0.25) is 0 Å². The third-order valence-electron chi connectivity index (χ3n) is 3.85. The first-order valence-corrected chi connectivity index (χ1v) is 8.57. The van der Waals surface area contributed by atoms with Crippen LogP contribution in [0.4, 0.5) is 15.8 Å². The molecule has 3 rings (SSSR count). The number of carbonyl (C=O) groups excluding carboxylic acids is 1. The number of nitrogens with zero attached hydrogens (tertiary/aromatic N) is 2. The van der Waals surface area contributed by atoms with Gasteiger partial charge in [-0.2, -0.15) is 4.73 Å². The summed E-state index contributed by atoms with van der Waals surface area (Å²) in [7, 11) is 0. The zero-order valence-electron chi connectivity index (χ0n) is 14.7. The molecule has 0 aliphatic carbocycles. The summed E-state index contributed by atoms with van der Waals surface area (Å²) in [6.07, 6.45) is 1.31. The Kier molecular flexibility index (Phi) is 5.89. The number of nitrogens with one attached hydrogen (secondary N) is 1. The first kappa shape index (κ1) is 20.0. The maximum absolute atomic E-state index is 12.9. The van der Waals surface area contributed by atoms with E-state index in [0.717, 1.165) is 10.8 Å². The third-order valence-corrected chi connectivity index (χ3v) is 4.08. The number of pyridine rings is 1. The van der Waals surface area contributed by atoms with Gasteiger partial charge >= 0.3 is 0 Å². The van der Waals surface area contributed by atoms with E-state index in [9.17, 15) is 24.1 Å². The largest absolute Gasteiger partial charge is 0.406 e. The second-order valence-electron chi connectivity index (χ2n) is 5.83. The maximum Gasteiger partial charge on any atom is 0.295 e. The summed E-state index contributed by atoms with van der Waals surface area (Å²) in [6, 6.07) is 11.9. The Bertz CT molecular complexity index is 1130. The Morgan fingerprint density at radius 2 is 1.93 bits per heavy atom. The number of nitro groups is 1. The Hall–Kier alpha value is -3.72. The molecule has 148 valence electrons. The Balaban J connectivity index is 1.80.